The van der Waals surface area contributed by atoms with Crippen molar-refractivity contribution in [1.82, 2.24) is 4.90 Å². The molecular weight excluding hydrogens is 494 g/mol. The quantitative estimate of drug-likeness (QED) is 0.368. The van der Waals surface area contributed by atoms with Crippen LogP contribution in [0.15, 0.2) is 47.4 Å². The maximum atomic E-state index is 13.1. The molecule has 4 bridgehead atoms. The summed E-state index contributed by atoms with van der Waals surface area (Å²) in [5.74, 6) is 3.52. The maximum Gasteiger partial charge on any atom is 0.293 e. The smallest absolute Gasteiger partial charge is 0.293 e. The number of carbonyl (C=O) groups excluding carboxylic acids is 2. The molecule has 5 aliphatic rings. The van der Waals surface area contributed by atoms with E-state index in [0.717, 1.165) is 40.8 Å². The third-order valence-corrected chi connectivity index (χ3v) is 9.67. The molecule has 7 heteroatoms. The van der Waals surface area contributed by atoms with Crippen LogP contribution >= 0.6 is 23.4 Å². The summed E-state index contributed by atoms with van der Waals surface area (Å²) in [6.07, 6.45) is 9.83. The first-order valence-electron chi connectivity index (χ1n) is 12.8. The molecule has 0 spiro atoms. The number of carbonyl (C=O) groups is 2. The van der Waals surface area contributed by atoms with Gasteiger partial charge in [0.2, 0.25) is 0 Å². The van der Waals surface area contributed by atoms with E-state index in [0.29, 0.717) is 15.7 Å². The Hall–Kier alpha value is -2.44. The number of benzene rings is 2. The van der Waals surface area contributed by atoms with Gasteiger partial charge in [0.25, 0.3) is 11.1 Å². The Labute approximate surface area is 221 Å². The van der Waals surface area contributed by atoms with Crippen LogP contribution in [0.3, 0.4) is 0 Å². The predicted octanol–water partition coefficient (Wildman–Crippen LogP) is 6.93. The second-order valence-corrected chi connectivity index (χ2v) is 12.2. The fourth-order valence-corrected chi connectivity index (χ4v) is 8.33. The SMILES string of the molecule is COc1ccc(C23CC4CC(CC(C4)C2)C3)cc1/C=C1\SC(=O)N(CCOc2ccccc2Cl)C1=O. The van der Waals surface area contributed by atoms with Gasteiger partial charge < -0.3 is 9.47 Å². The van der Waals surface area contributed by atoms with Crippen LogP contribution in [0, 0.1) is 17.8 Å². The zero-order valence-electron chi connectivity index (χ0n) is 20.4. The lowest BCUT2D eigenvalue weighted by Crippen LogP contribution is -2.48. The highest BCUT2D eigenvalue weighted by molar-refractivity contribution is 8.18. The third-order valence-electron chi connectivity index (χ3n) is 8.45. The summed E-state index contributed by atoms with van der Waals surface area (Å²) in [6.45, 7) is 0.345. The Bertz CT molecular complexity index is 1210. The summed E-state index contributed by atoms with van der Waals surface area (Å²) in [4.78, 5) is 27.4. The summed E-state index contributed by atoms with van der Waals surface area (Å²) in [7, 11) is 1.65. The molecular formula is C29H30ClNO4S. The molecule has 1 heterocycles. The van der Waals surface area contributed by atoms with E-state index in [1.165, 1.54) is 49.0 Å². The third kappa shape index (κ3) is 4.32. The first-order valence-corrected chi connectivity index (χ1v) is 13.9. The average Bonchev–Trinajstić information content (AvgIpc) is 3.11. The summed E-state index contributed by atoms with van der Waals surface area (Å²) >= 11 is 7.10. The zero-order chi connectivity index (χ0) is 24.9. The number of hydrogen-bond acceptors (Lipinski definition) is 5. The Kier molecular flexibility index (Phi) is 6.29. The van der Waals surface area contributed by atoms with Gasteiger partial charge in [-0.15, -0.1) is 0 Å². The van der Waals surface area contributed by atoms with Gasteiger partial charge in [-0.1, -0.05) is 29.8 Å². The minimum Gasteiger partial charge on any atom is -0.496 e. The molecule has 5 nitrogen and oxygen atoms in total. The molecule has 0 unspecified atom stereocenters. The largest absolute Gasteiger partial charge is 0.496 e. The molecule has 0 N–H and O–H groups in total. The van der Waals surface area contributed by atoms with Crippen LogP contribution in [-0.4, -0.2) is 36.3 Å². The number of amides is 2. The molecule has 4 saturated carbocycles. The fourth-order valence-electron chi connectivity index (χ4n) is 7.28. The Balaban J connectivity index is 1.21. The molecule has 0 radical (unpaired) electrons. The topological polar surface area (TPSA) is 55.8 Å². The van der Waals surface area contributed by atoms with Crippen LogP contribution in [-0.2, 0) is 10.2 Å². The minimum absolute atomic E-state index is 0.164. The van der Waals surface area contributed by atoms with E-state index < -0.39 is 0 Å². The fraction of sp³-hybridized carbons (Fsp3) is 0.448. The first-order chi connectivity index (χ1) is 17.4. The summed E-state index contributed by atoms with van der Waals surface area (Å²) < 4.78 is 11.3. The van der Waals surface area contributed by atoms with Crippen molar-refractivity contribution in [3.8, 4) is 11.5 Å². The van der Waals surface area contributed by atoms with E-state index in [1.807, 2.05) is 24.3 Å². The van der Waals surface area contributed by atoms with E-state index in [4.69, 9.17) is 21.1 Å². The number of ether oxygens (including phenoxy) is 2. The number of methoxy groups -OCH3 is 1. The average molecular weight is 524 g/mol. The van der Waals surface area contributed by atoms with Crippen molar-refractivity contribution in [3.63, 3.8) is 0 Å². The van der Waals surface area contributed by atoms with E-state index in [9.17, 15) is 9.59 Å². The number of para-hydroxylation sites is 1. The minimum atomic E-state index is -0.296. The van der Waals surface area contributed by atoms with E-state index >= 15 is 0 Å². The number of hydrogen-bond donors (Lipinski definition) is 0. The number of rotatable bonds is 7. The number of imide groups is 1. The van der Waals surface area contributed by atoms with Crippen molar-refractivity contribution in [2.45, 2.75) is 43.9 Å². The molecule has 1 aliphatic heterocycles. The van der Waals surface area contributed by atoms with Gasteiger partial charge >= 0.3 is 0 Å². The maximum absolute atomic E-state index is 13.1. The van der Waals surface area contributed by atoms with Gasteiger partial charge in [-0.05, 0) is 109 Å². The molecule has 188 valence electrons. The number of thioether (sulfide) groups is 1. The first kappa shape index (κ1) is 23.9. The summed E-state index contributed by atoms with van der Waals surface area (Å²) in [5.41, 5.74) is 2.48. The molecule has 0 aromatic heterocycles. The molecule has 0 atom stereocenters. The van der Waals surface area contributed by atoms with E-state index in [-0.39, 0.29) is 29.7 Å². The van der Waals surface area contributed by atoms with E-state index in [2.05, 4.69) is 12.1 Å². The van der Waals surface area contributed by atoms with Gasteiger partial charge in [0.1, 0.15) is 18.1 Å². The van der Waals surface area contributed by atoms with Crippen molar-refractivity contribution in [3.05, 3.63) is 63.5 Å². The molecule has 2 aromatic carbocycles. The standard InChI is InChI=1S/C29H30ClNO4S/c1-34-24-7-6-22(29-15-18-10-19(16-29)12-20(11-18)17-29)13-21(24)14-26-27(32)31(28(33)36-26)8-9-35-25-5-3-2-4-23(25)30/h2-7,13-14,18-20H,8-12,15-17H2,1H3/b26-14-. The second kappa shape index (κ2) is 9.46. The molecule has 2 aromatic rings. The zero-order valence-corrected chi connectivity index (χ0v) is 21.9. The van der Waals surface area contributed by atoms with Crippen LogP contribution in [0.25, 0.3) is 6.08 Å². The summed E-state index contributed by atoms with van der Waals surface area (Å²) in [6, 6.07) is 13.6. The Morgan fingerprint density at radius 1 is 1.03 bits per heavy atom. The van der Waals surface area contributed by atoms with Crippen molar-refractivity contribution in [1.29, 1.82) is 0 Å². The highest BCUT2D eigenvalue weighted by atomic mass is 35.5. The van der Waals surface area contributed by atoms with Gasteiger partial charge in [0.05, 0.1) is 23.6 Å². The van der Waals surface area contributed by atoms with Crippen LogP contribution in [0.2, 0.25) is 5.02 Å². The van der Waals surface area contributed by atoms with Crippen LogP contribution in [0.4, 0.5) is 4.79 Å². The number of nitrogens with zero attached hydrogens (tertiary/aromatic N) is 1. The summed E-state index contributed by atoms with van der Waals surface area (Å²) in [5, 5.41) is 0.211. The second-order valence-electron chi connectivity index (χ2n) is 10.8. The molecule has 36 heavy (non-hydrogen) atoms. The van der Waals surface area contributed by atoms with Crippen LogP contribution in [0.1, 0.15) is 49.7 Å². The van der Waals surface area contributed by atoms with Gasteiger partial charge in [-0.2, -0.15) is 0 Å². The van der Waals surface area contributed by atoms with E-state index in [1.54, 1.807) is 19.2 Å². The molecule has 2 amide bonds. The van der Waals surface area contributed by atoms with Crippen molar-refractivity contribution in [2.75, 3.05) is 20.3 Å². The van der Waals surface area contributed by atoms with Crippen molar-refractivity contribution < 1.29 is 19.1 Å². The molecule has 4 aliphatic carbocycles. The molecule has 7 rings (SSSR count). The Morgan fingerprint density at radius 2 is 1.72 bits per heavy atom. The lowest BCUT2D eigenvalue weighted by molar-refractivity contribution is -0.123. The van der Waals surface area contributed by atoms with Crippen LogP contribution in [0.5, 0.6) is 11.5 Å². The van der Waals surface area contributed by atoms with Gasteiger partial charge in [-0.25, -0.2) is 0 Å². The van der Waals surface area contributed by atoms with Crippen LogP contribution < -0.4 is 9.47 Å². The number of halogens is 1. The predicted molar refractivity (Wildman–Crippen MR) is 142 cm³/mol. The lowest BCUT2D eigenvalue weighted by atomic mass is 9.48. The highest BCUT2D eigenvalue weighted by Crippen LogP contribution is 2.61. The normalized spacial score (nSPS) is 29.9. The monoisotopic (exact) mass is 523 g/mol. The molecule has 1 saturated heterocycles. The van der Waals surface area contributed by atoms with Gasteiger partial charge in [-0.3, -0.25) is 14.5 Å². The Morgan fingerprint density at radius 3 is 2.39 bits per heavy atom. The molecule has 5 fully saturated rings. The van der Waals surface area contributed by atoms with Gasteiger partial charge in [0.15, 0.2) is 0 Å². The highest BCUT2D eigenvalue weighted by Gasteiger charge is 2.51. The van der Waals surface area contributed by atoms with Gasteiger partial charge in [0, 0.05) is 5.56 Å². The van der Waals surface area contributed by atoms with Crippen molar-refractivity contribution in [2.24, 2.45) is 17.8 Å². The lowest BCUT2D eigenvalue weighted by Gasteiger charge is -2.57. The van der Waals surface area contributed by atoms with Crippen molar-refractivity contribution >= 4 is 40.6 Å².